The molecule has 0 saturated carbocycles. The van der Waals surface area contributed by atoms with E-state index < -0.39 is 0 Å². The highest BCUT2D eigenvalue weighted by molar-refractivity contribution is 5.07. The van der Waals surface area contributed by atoms with Crippen LogP contribution in [0.4, 0.5) is 0 Å². The standard InChI is InChI=1S/C10H17NO2/c1-3-12-8-10(11-2)6-9-4-5-13-7-9/h4-5,7,10-11H,3,6,8H2,1-2H3. The molecule has 0 amide bonds. The van der Waals surface area contributed by atoms with E-state index in [4.69, 9.17) is 9.15 Å². The normalized spacial score (nSPS) is 13.1. The fourth-order valence-electron chi connectivity index (χ4n) is 1.20. The number of furan rings is 1. The van der Waals surface area contributed by atoms with E-state index in [0.29, 0.717) is 6.04 Å². The molecule has 74 valence electrons. The van der Waals surface area contributed by atoms with Crippen LogP contribution in [0, 0.1) is 0 Å². The van der Waals surface area contributed by atoms with Crippen molar-refractivity contribution in [3.8, 4) is 0 Å². The maximum absolute atomic E-state index is 5.34. The summed E-state index contributed by atoms with van der Waals surface area (Å²) in [6, 6.07) is 2.36. The van der Waals surface area contributed by atoms with Crippen LogP contribution in [0.3, 0.4) is 0 Å². The Morgan fingerprint density at radius 3 is 3.00 bits per heavy atom. The number of rotatable bonds is 6. The zero-order chi connectivity index (χ0) is 9.52. The third-order valence-electron chi connectivity index (χ3n) is 1.99. The van der Waals surface area contributed by atoms with Crippen LogP contribution in [0.15, 0.2) is 23.0 Å². The third-order valence-corrected chi connectivity index (χ3v) is 1.99. The van der Waals surface area contributed by atoms with E-state index in [1.807, 2.05) is 20.0 Å². The number of likely N-dealkylation sites (N-methyl/N-ethyl adjacent to an activating group) is 1. The monoisotopic (exact) mass is 183 g/mol. The number of nitrogens with one attached hydrogen (secondary N) is 1. The van der Waals surface area contributed by atoms with Crippen molar-refractivity contribution in [3.63, 3.8) is 0 Å². The lowest BCUT2D eigenvalue weighted by atomic mass is 10.1. The highest BCUT2D eigenvalue weighted by Crippen LogP contribution is 2.04. The van der Waals surface area contributed by atoms with Crippen LogP contribution in [0.2, 0.25) is 0 Å². The molecule has 1 atom stereocenters. The van der Waals surface area contributed by atoms with E-state index in [2.05, 4.69) is 5.32 Å². The van der Waals surface area contributed by atoms with E-state index >= 15 is 0 Å². The van der Waals surface area contributed by atoms with Gasteiger partial charge >= 0.3 is 0 Å². The number of hydrogen-bond donors (Lipinski definition) is 1. The van der Waals surface area contributed by atoms with Crippen LogP contribution in [0.1, 0.15) is 12.5 Å². The van der Waals surface area contributed by atoms with Crippen LogP contribution >= 0.6 is 0 Å². The van der Waals surface area contributed by atoms with Crippen molar-refractivity contribution in [2.75, 3.05) is 20.3 Å². The lowest BCUT2D eigenvalue weighted by molar-refractivity contribution is 0.125. The summed E-state index contributed by atoms with van der Waals surface area (Å²) >= 11 is 0. The second kappa shape index (κ2) is 5.78. The molecule has 1 N–H and O–H groups in total. The Morgan fingerprint density at radius 2 is 2.46 bits per heavy atom. The van der Waals surface area contributed by atoms with E-state index in [1.54, 1.807) is 12.5 Å². The Bertz CT molecular complexity index is 209. The van der Waals surface area contributed by atoms with E-state index in [-0.39, 0.29) is 0 Å². The molecular formula is C10H17NO2. The first-order valence-corrected chi connectivity index (χ1v) is 4.63. The van der Waals surface area contributed by atoms with Crippen molar-refractivity contribution < 1.29 is 9.15 Å². The molecule has 0 aliphatic rings. The van der Waals surface area contributed by atoms with Gasteiger partial charge in [0, 0.05) is 12.6 Å². The summed E-state index contributed by atoms with van der Waals surface area (Å²) in [6.07, 6.45) is 4.42. The maximum Gasteiger partial charge on any atom is 0.0935 e. The van der Waals surface area contributed by atoms with Gasteiger partial charge in [-0.3, -0.25) is 0 Å². The van der Waals surface area contributed by atoms with Gasteiger partial charge < -0.3 is 14.5 Å². The topological polar surface area (TPSA) is 34.4 Å². The molecule has 3 nitrogen and oxygen atoms in total. The van der Waals surface area contributed by atoms with Crippen LogP contribution in [-0.2, 0) is 11.2 Å². The summed E-state index contributed by atoms with van der Waals surface area (Å²) in [5, 5.41) is 3.21. The summed E-state index contributed by atoms with van der Waals surface area (Å²) in [5.41, 5.74) is 1.21. The molecular weight excluding hydrogens is 166 g/mol. The molecule has 0 bridgehead atoms. The molecule has 1 aromatic rings. The van der Waals surface area contributed by atoms with Gasteiger partial charge in [-0.1, -0.05) is 0 Å². The van der Waals surface area contributed by atoms with Gasteiger partial charge in [0.15, 0.2) is 0 Å². The van der Waals surface area contributed by atoms with Gasteiger partial charge in [0.2, 0.25) is 0 Å². The largest absolute Gasteiger partial charge is 0.472 e. The first kappa shape index (κ1) is 10.3. The fraction of sp³-hybridized carbons (Fsp3) is 0.600. The molecule has 0 aliphatic carbocycles. The minimum absolute atomic E-state index is 0.373. The van der Waals surface area contributed by atoms with Crippen molar-refractivity contribution >= 4 is 0 Å². The molecule has 0 spiro atoms. The summed E-state index contributed by atoms with van der Waals surface area (Å²) in [6.45, 7) is 3.52. The zero-order valence-corrected chi connectivity index (χ0v) is 8.25. The van der Waals surface area contributed by atoms with Crippen molar-refractivity contribution in [2.45, 2.75) is 19.4 Å². The number of hydrogen-bond acceptors (Lipinski definition) is 3. The predicted octanol–water partition coefficient (Wildman–Crippen LogP) is 1.45. The van der Waals surface area contributed by atoms with Gasteiger partial charge in [-0.05, 0) is 32.0 Å². The summed E-state index contributed by atoms with van der Waals surface area (Å²) < 4.78 is 10.3. The zero-order valence-electron chi connectivity index (χ0n) is 8.25. The summed E-state index contributed by atoms with van der Waals surface area (Å²) in [5.74, 6) is 0. The molecule has 3 heteroatoms. The second-order valence-corrected chi connectivity index (χ2v) is 2.98. The predicted molar refractivity (Wildman–Crippen MR) is 51.8 cm³/mol. The molecule has 0 aliphatic heterocycles. The van der Waals surface area contributed by atoms with E-state index in [9.17, 15) is 0 Å². The molecule has 0 saturated heterocycles. The molecule has 1 aromatic heterocycles. The Morgan fingerprint density at radius 1 is 1.62 bits per heavy atom. The van der Waals surface area contributed by atoms with Crippen LogP contribution in [0.5, 0.6) is 0 Å². The Balaban J connectivity index is 2.31. The molecule has 0 radical (unpaired) electrons. The van der Waals surface area contributed by atoms with Crippen molar-refractivity contribution in [1.82, 2.24) is 5.32 Å². The van der Waals surface area contributed by atoms with Gasteiger partial charge in [-0.2, -0.15) is 0 Å². The minimum atomic E-state index is 0.373. The van der Waals surface area contributed by atoms with E-state index in [1.165, 1.54) is 5.56 Å². The van der Waals surface area contributed by atoms with Crippen LogP contribution in [-0.4, -0.2) is 26.3 Å². The van der Waals surface area contributed by atoms with Gasteiger partial charge in [0.05, 0.1) is 19.1 Å². The van der Waals surface area contributed by atoms with E-state index in [0.717, 1.165) is 19.6 Å². The molecule has 1 heterocycles. The molecule has 1 unspecified atom stereocenters. The summed E-state index contributed by atoms with van der Waals surface area (Å²) in [4.78, 5) is 0. The maximum atomic E-state index is 5.34. The Labute approximate surface area is 79.1 Å². The average Bonchev–Trinajstić information content (AvgIpc) is 2.64. The summed E-state index contributed by atoms with van der Waals surface area (Å²) in [7, 11) is 1.95. The second-order valence-electron chi connectivity index (χ2n) is 2.98. The van der Waals surface area contributed by atoms with Crippen molar-refractivity contribution in [3.05, 3.63) is 24.2 Å². The lowest BCUT2D eigenvalue weighted by Crippen LogP contribution is -2.32. The van der Waals surface area contributed by atoms with Crippen LogP contribution < -0.4 is 5.32 Å². The highest BCUT2D eigenvalue weighted by atomic mass is 16.5. The molecule has 13 heavy (non-hydrogen) atoms. The van der Waals surface area contributed by atoms with Gasteiger partial charge in [-0.15, -0.1) is 0 Å². The van der Waals surface area contributed by atoms with Gasteiger partial charge in [0.25, 0.3) is 0 Å². The Hall–Kier alpha value is -0.800. The van der Waals surface area contributed by atoms with Crippen LogP contribution in [0.25, 0.3) is 0 Å². The smallest absolute Gasteiger partial charge is 0.0935 e. The first-order chi connectivity index (χ1) is 6.36. The third kappa shape index (κ3) is 3.61. The van der Waals surface area contributed by atoms with Crippen molar-refractivity contribution in [2.24, 2.45) is 0 Å². The lowest BCUT2D eigenvalue weighted by Gasteiger charge is -2.14. The number of ether oxygens (including phenoxy) is 1. The van der Waals surface area contributed by atoms with Crippen molar-refractivity contribution in [1.29, 1.82) is 0 Å². The molecule has 0 aromatic carbocycles. The Kier molecular flexibility index (Phi) is 4.57. The molecule has 0 fully saturated rings. The van der Waals surface area contributed by atoms with Gasteiger partial charge in [0.1, 0.15) is 0 Å². The fourth-order valence-corrected chi connectivity index (χ4v) is 1.20. The minimum Gasteiger partial charge on any atom is -0.472 e. The first-order valence-electron chi connectivity index (χ1n) is 4.63. The quantitative estimate of drug-likeness (QED) is 0.724. The highest BCUT2D eigenvalue weighted by Gasteiger charge is 2.07. The van der Waals surface area contributed by atoms with Gasteiger partial charge in [-0.25, -0.2) is 0 Å². The SMILES string of the molecule is CCOCC(Cc1ccoc1)NC. The average molecular weight is 183 g/mol. The molecule has 1 rings (SSSR count).